The molecule has 2 N–H and O–H groups in total. The number of aliphatic hydroxyl groups excluding tert-OH is 1. The van der Waals surface area contributed by atoms with Gasteiger partial charge in [0.15, 0.2) is 0 Å². The number of urea groups is 1. The van der Waals surface area contributed by atoms with Crippen LogP contribution in [-0.2, 0) is 22.7 Å². The Balaban J connectivity index is 1.76. The maximum atomic E-state index is 13.0. The van der Waals surface area contributed by atoms with Crippen molar-refractivity contribution in [2.75, 3.05) is 39.2 Å². The molecule has 2 aromatic rings. The minimum atomic E-state index is -0.375. The van der Waals surface area contributed by atoms with Crippen LogP contribution in [0.5, 0.6) is 5.75 Å². The molecule has 1 aromatic heterocycles. The quantitative estimate of drug-likeness (QED) is 0.637. The average molecular weight is 489 g/mol. The third-order valence-corrected chi connectivity index (χ3v) is 6.26. The van der Waals surface area contributed by atoms with Gasteiger partial charge in [-0.3, -0.25) is 4.79 Å². The van der Waals surface area contributed by atoms with Crippen LogP contribution in [0.25, 0.3) is 0 Å². The van der Waals surface area contributed by atoms with Crippen molar-refractivity contribution in [2.45, 2.75) is 52.0 Å². The number of aliphatic hydroxyl groups is 1. The number of carbonyl (C=O) groups is 2. The first-order valence-corrected chi connectivity index (χ1v) is 11.9. The van der Waals surface area contributed by atoms with E-state index in [1.165, 1.54) is 0 Å². The predicted octanol–water partition coefficient (Wildman–Crippen LogP) is 1.98. The fourth-order valence-electron chi connectivity index (χ4n) is 4.02. The topological polar surface area (TPSA) is 122 Å². The van der Waals surface area contributed by atoms with Gasteiger partial charge in [-0.25, -0.2) is 9.48 Å². The molecule has 0 saturated heterocycles. The van der Waals surface area contributed by atoms with Crippen LogP contribution in [-0.4, -0.2) is 87.8 Å². The number of methoxy groups -OCH3 is 1. The minimum Gasteiger partial charge on any atom is -0.497 e. The summed E-state index contributed by atoms with van der Waals surface area (Å²) >= 11 is 0. The van der Waals surface area contributed by atoms with Crippen LogP contribution in [0.3, 0.4) is 0 Å². The molecule has 3 rings (SSSR count). The van der Waals surface area contributed by atoms with Gasteiger partial charge in [0, 0.05) is 50.8 Å². The normalized spacial score (nSPS) is 20.3. The molecule has 1 aliphatic heterocycles. The van der Waals surface area contributed by atoms with E-state index in [2.05, 4.69) is 15.6 Å². The van der Waals surface area contributed by atoms with Gasteiger partial charge in [-0.15, -0.1) is 5.10 Å². The van der Waals surface area contributed by atoms with E-state index in [1.807, 2.05) is 13.8 Å². The number of likely N-dealkylation sites (N-methyl/N-ethyl adjacent to an activating group) is 1. The fraction of sp³-hybridized carbons (Fsp3) is 0.583. The van der Waals surface area contributed by atoms with E-state index < -0.39 is 0 Å². The second-order valence-corrected chi connectivity index (χ2v) is 9.00. The van der Waals surface area contributed by atoms with Gasteiger partial charge in [-0.05, 0) is 25.5 Å². The number of benzene rings is 1. The molecule has 11 heteroatoms. The van der Waals surface area contributed by atoms with Gasteiger partial charge in [0.25, 0.3) is 0 Å². The lowest BCUT2D eigenvalue weighted by Gasteiger charge is -2.35. The Hall–Kier alpha value is -3.18. The highest BCUT2D eigenvalue weighted by Crippen LogP contribution is 2.20. The second-order valence-electron chi connectivity index (χ2n) is 9.00. The van der Waals surface area contributed by atoms with E-state index in [-0.39, 0.29) is 43.2 Å². The Morgan fingerprint density at radius 3 is 2.97 bits per heavy atom. The fourth-order valence-corrected chi connectivity index (χ4v) is 4.02. The molecule has 0 bridgehead atoms. The zero-order chi connectivity index (χ0) is 25.4. The Bertz CT molecular complexity index is 983. The molecular formula is C24H36N6O5. The molecule has 1 aliphatic rings. The van der Waals surface area contributed by atoms with E-state index >= 15 is 0 Å². The van der Waals surface area contributed by atoms with E-state index in [9.17, 15) is 14.7 Å². The predicted molar refractivity (Wildman–Crippen MR) is 130 cm³/mol. The summed E-state index contributed by atoms with van der Waals surface area (Å²) in [6, 6.07) is 6.54. The van der Waals surface area contributed by atoms with Crippen LogP contribution in [0, 0.1) is 5.92 Å². The summed E-state index contributed by atoms with van der Waals surface area (Å²) < 4.78 is 13.2. The number of anilines is 1. The van der Waals surface area contributed by atoms with Crippen molar-refractivity contribution in [3.63, 3.8) is 0 Å². The molecule has 192 valence electrons. The molecule has 0 unspecified atom stereocenters. The average Bonchev–Trinajstić information content (AvgIpc) is 3.30. The number of nitrogens with one attached hydrogen (secondary N) is 1. The number of amides is 3. The second kappa shape index (κ2) is 12.5. The Labute approximate surface area is 206 Å². The maximum absolute atomic E-state index is 13.0. The standard InChI is InChI=1S/C24H36N6O5/c1-17-13-29(18(2)15-31)23(32)9-6-10-30-20(12-25-27-30)16-35-22(17)14-28(3)24(33)26-19-7-5-8-21(11-19)34-4/h5,7-8,11-12,17-18,22,31H,6,9-10,13-16H2,1-4H3,(H,26,33)/t17-,18-,22-/m0/s1. The van der Waals surface area contributed by atoms with Crippen LogP contribution in [0.1, 0.15) is 32.4 Å². The van der Waals surface area contributed by atoms with Gasteiger partial charge in [0.05, 0.1) is 44.4 Å². The maximum Gasteiger partial charge on any atom is 0.321 e. The van der Waals surface area contributed by atoms with Crippen molar-refractivity contribution in [1.29, 1.82) is 0 Å². The summed E-state index contributed by atoms with van der Waals surface area (Å²) in [5, 5.41) is 20.7. The molecule has 1 aromatic carbocycles. The summed E-state index contributed by atoms with van der Waals surface area (Å²) in [6.45, 7) is 5.24. The van der Waals surface area contributed by atoms with Crippen LogP contribution in [0.15, 0.2) is 30.5 Å². The van der Waals surface area contributed by atoms with Crippen LogP contribution < -0.4 is 10.1 Å². The number of ether oxygens (including phenoxy) is 2. The smallest absolute Gasteiger partial charge is 0.321 e. The van der Waals surface area contributed by atoms with E-state index in [1.54, 1.807) is 59.1 Å². The summed E-state index contributed by atoms with van der Waals surface area (Å²) in [7, 11) is 3.27. The summed E-state index contributed by atoms with van der Waals surface area (Å²) in [5.41, 5.74) is 1.44. The van der Waals surface area contributed by atoms with Crippen LogP contribution in [0.4, 0.5) is 10.5 Å². The summed E-state index contributed by atoms with van der Waals surface area (Å²) in [6.07, 6.45) is 2.26. The van der Waals surface area contributed by atoms with Crippen molar-refractivity contribution in [3.05, 3.63) is 36.2 Å². The molecule has 11 nitrogen and oxygen atoms in total. The van der Waals surface area contributed by atoms with Gasteiger partial charge in [0.2, 0.25) is 5.91 Å². The molecule has 2 heterocycles. The largest absolute Gasteiger partial charge is 0.497 e. The highest BCUT2D eigenvalue weighted by molar-refractivity contribution is 5.89. The Morgan fingerprint density at radius 2 is 2.23 bits per heavy atom. The summed E-state index contributed by atoms with van der Waals surface area (Å²) in [4.78, 5) is 29.1. The van der Waals surface area contributed by atoms with Crippen molar-refractivity contribution >= 4 is 17.6 Å². The van der Waals surface area contributed by atoms with Crippen LogP contribution in [0.2, 0.25) is 0 Å². The number of nitrogens with zero attached hydrogens (tertiary/aromatic N) is 5. The van der Waals surface area contributed by atoms with Gasteiger partial charge >= 0.3 is 6.03 Å². The third-order valence-electron chi connectivity index (χ3n) is 6.26. The van der Waals surface area contributed by atoms with Crippen molar-refractivity contribution in [3.8, 4) is 5.75 Å². The number of aryl methyl sites for hydroxylation is 1. The van der Waals surface area contributed by atoms with Gasteiger partial charge in [0.1, 0.15) is 5.75 Å². The Morgan fingerprint density at radius 1 is 1.43 bits per heavy atom. The molecule has 0 radical (unpaired) electrons. The van der Waals surface area contributed by atoms with Gasteiger partial charge in [-0.2, -0.15) is 0 Å². The monoisotopic (exact) mass is 488 g/mol. The molecule has 3 amide bonds. The molecule has 3 atom stereocenters. The SMILES string of the molecule is COc1cccc(NC(=O)N(C)C[C@@H]2OCc3cnnn3CCCC(=O)N([C@@H](C)CO)C[C@@H]2C)c1. The summed E-state index contributed by atoms with van der Waals surface area (Å²) in [5.74, 6) is 0.516. The van der Waals surface area contributed by atoms with E-state index in [0.717, 1.165) is 5.69 Å². The van der Waals surface area contributed by atoms with Crippen LogP contribution >= 0.6 is 0 Å². The lowest BCUT2D eigenvalue weighted by Crippen LogP contribution is -2.48. The zero-order valence-electron chi connectivity index (χ0n) is 20.9. The zero-order valence-corrected chi connectivity index (χ0v) is 20.9. The molecule has 0 aliphatic carbocycles. The third kappa shape index (κ3) is 7.15. The van der Waals surface area contributed by atoms with Gasteiger partial charge < -0.3 is 29.7 Å². The van der Waals surface area contributed by atoms with E-state index in [0.29, 0.717) is 43.9 Å². The number of hydrogen-bond donors (Lipinski definition) is 2. The van der Waals surface area contributed by atoms with Crippen molar-refractivity contribution in [2.24, 2.45) is 5.92 Å². The first kappa shape index (κ1) is 26.4. The number of carbonyl (C=O) groups excluding carboxylic acids is 2. The first-order chi connectivity index (χ1) is 16.8. The van der Waals surface area contributed by atoms with E-state index in [4.69, 9.17) is 9.47 Å². The highest BCUT2D eigenvalue weighted by atomic mass is 16.5. The highest BCUT2D eigenvalue weighted by Gasteiger charge is 2.29. The lowest BCUT2D eigenvalue weighted by atomic mass is 10.0. The first-order valence-electron chi connectivity index (χ1n) is 11.9. The molecule has 35 heavy (non-hydrogen) atoms. The molecule has 0 saturated carbocycles. The van der Waals surface area contributed by atoms with Crippen molar-refractivity contribution < 1.29 is 24.2 Å². The van der Waals surface area contributed by atoms with Gasteiger partial charge in [-0.1, -0.05) is 18.2 Å². The number of rotatable bonds is 6. The number of hydrogen-bond acceptors (Lipinski definition) is 7. The Kier molecular flexibility index (Phi) is 9.44. The molecule has 0 spiro atoms. The number of fused-ring (bicyclic) bond motifs is 1. The molecular weight excluding hydrogens is 452 g/mol. The van der Waals surface area contributed by atoms with Crippen molar-refractivity contribution in [1.82, 2.24) is 24.8 Å². The molecule has 0 fully saturated rings. The number of aromatic nitrogens is 3. The lowest BCUT2D eigenvalue weighted by molar-refractivity contribution is -0.136. The minimum absolute atomic E-state index is 0.0245.